The number of carboxylic acids is 1. The van der Waals surface area contributed by atoms with Gasteiger partial charge in [0.1, 0.15) is 6.04 Å². The van der Waals surface area contributed by atoms with Gasteiger partial charge in [-0.25, -0.2) is 14.4 Å². The Morgan fingerprint density at radius 1 is 0.815 bits per heavy atom. The van der Waals surface area contributed by atoms with Crippen molar-refractivity contribution in [1.82, 2.24) is 10.6 Å². The topological polar surface area (TPSA) is 143 Å². The lowest BCUT2D eigenvalue weighted by Crippen LogP contribution is -2.47. The third-order valence-electron chi connectivity index (χ3n) is 9.18. The summed E-state index contributed by atoms with van der Waals surface area (Å²) in [6, 6.07) is 38.4. The zero-order chi connectivity index (χ0) is 37.9. The SMILES string of the molecule is COC(=O)C(Cc1ccccc1)NC(=O)NCc1ccccc1-c1ccc(C2OC(CSc3ccc(C(=O)O)cc3)CC(c3ccc(CO)cc3)O2)cc1. The number of carbonyl (C=O) groups excluding carboxylic acids is 2. The van der Waals surface area contributed by atoms with Crippen LogP contribution < -0.4 is 10.6 Å². The Morgan fingerprint density at radius 2 is 1.50 bits per heavy atom. The number of amides is 2. The van der Waals surface area contributed by atoms with E-state index in [2.05, 4.69) is 10.6 Å². The summed E-state index contributed by atoms with van der Waals surface area (Å²) in [5.74, 6) is -0.851. The Hall–Kier alpha value is -5.46. The number of nitrogens with one attached hydrogen (secondary N) is 2. The van der Waals surface area contributed by atoms with Gasteiger partial charge in [-0.2, -0.15) is 0 Å². The fourth-order valence-corrected chi connectivity index (χ4v) is 7.17. The molecule has 5 aromatic carbocycles. The number of benzene rings is 5. The van der Waals surface area contributed by atoms with E-state index < -0.39 is 30.3 Å². The molecule has 10 nitrogen and oxygen atoms in total. The summed E-state index contributed by atoms with van der Waals surface area (Å²) in [4.78, 5) is 37.7. The van der Waals surface area contributed by atoms with Crippen LogP contribution in [0.3, 0.4) is 0 Å². The minimum absolute atomic E-state index is 0.0408. The molecule has 0 saturated carbocycles. The van der Waals surface area contributed by atoms with E-state index in [-0.39, 0.29) is 30.9 Å². The molecule has 4 atom stereocenters. The molecule has 0 aliphatic carbocycles. The highest BCUT2D eigenvalue weighted by molar-refractivity contribution is 7.99. The molecule has 0 spiro atoms. The monoisotopic (exact) mass is 746 g/mol. The number of aliphatic hydroxyl groups is 1. The van der Waals surface area contributed by atoms with Crippen LogP contribution >= 0.6 is 11.8 Å². The van der Waals surface area contributed by atoms with Crippen LogP contribution in [0.4, 0.5) is 4.79 Å². The highest BCUT2D eigenvalue weighted by Gasteiger charge is 2.32. The molecular formula is C43H42N2O8S. The van der Waals surface area contributed by atoms with Gasteiger partial charge in [-0.1, -0.05) is 103 Å². The average molecular weight is 747 g/mol. The van der Waals surface area contributed by atoms with Crippen molar-refractivity contribution in [3.05, 3.63) is 161 Å². The molecule has 0 bridgehead atoms. The van der Waals surface area contributed by atoms with Crippen molar-refractivity contribution in [2.75, 3.05) is 12.9 Å². The molecule has 4 N–H and O–H groups in total. The molecule has 6 rings (SSSR count). The van der Waals surface area contributed by atoms with Gasteiger partial charge < -0.3 is 35.1 Å². The summed E-state index contributed by atoms with van der Waals surface area (Å²) in [7, 11) is 1.30. The summed E-state index contributed by atoms with van der Waals surface area (Å²) >= 11 is 1.60. The molecule has 2 amide bonds. The van der Waals surface area contributed by atoms with Crippen molar-refractivity contribution in [2.24, 2.45) is 0 Å². The Labute approximate surface area is 318 Å². The molecule has 1 heterocycles. The molecule has 1 saturated heterocycles. The fourth-order valence-electron chi connectivity index (χ4n) is 6.25. The van der Waals surface area contributed by atoms with Gasteiger partial charge in [0.2, 0.25) is 0 Å². The molecule has 4 unspecified atom stereocenters. The number of ether oxygens (including phenoxy) is 3. The number of urea groups is 1. The number of aromatic carboxylic acids is 1. The Kier molecular flexibility index (Phi) is 13.1. The first-order valence-corrected chi connectivity index (χ1v) is 18.6. The Bertz CT molecular complexity index is 2010. The molecular weight excluding hydrogens is 705 g/mol. The lowest BCUT2D eigenvalue weighted by atomic mass is 9.98. The van der Waals surface area contributed by atoms with Gasteiger partial charge in [0.15, 0.2) is 6.29 Å². The van der Waals surface area contributed by atoms with Crippen molar-refractivity contribution in [3.8, 4) is 11.1 Å². The van der Waals surface area contributed by atoms with E-state index in [1.165, 1.54) is 7.11 Å². The molecule has 0 aromatic heterocycles. The number of thioether (sulfide) groups is 1. The second kappa shape index (κ2) is 18.5. The molecule has 5 aromatic rings. The van der Waals surface area contributed by atoms with Crippen LogP contribution in [0.5, 0.6) is 0 Å². The summed E-state index contributed by atoms with van der Waals surface area (Å²) in [6.07, 6.45) is -0.139. The predicted octanol–water partition coefficient (Wildman–Crippen LogP) is 7.47. The number of esters is 1. The first-order chi connectivity index (χ1) is 26.3. The second-order valence-electron chi connectivity index (χ2n) is 12.9. The van der Waals surface area contributed by atoms with E-state index in [0.717, 1.165) is 43.8 Å². The van der Waals surface area contributed by atoms with Crippen molar-refractivity contribution in [2.45, 2.75) is 55.4 Å². The number of methoxy groups -OCH3 is 1. The quantitative estimate of drug-likeness (QED) is 0.0673. The third-order valence-corrected chi connectivity index (χ3v) is 10.3. The molecule has 11 heteroatoms. The number of carbonyl (C=O) groups is 3. The van der Waals surface area contributed by atoms with E-state index >= 15 is 0 Å². The number of hydrogen-bond acceptors (Lipinski definition) is 8. The summed E-state index contributed by atoms with van der Waals surface area (Å²) in [5, 5.41) is 24.5. The Balaban J connectivity index is 1.14. The van der Waals surface area contributed by atoms with E-state index in [1.54, 1.807) is 36.0 Å². The predicted molar refractivity (Wildman–Crippen MR) is 206 cm³/mol. The maximum absolute atomic E-state index is 13.0. The van der Waals surface area contributed by atoms with E-state index in [4.69, 9.17) is 14.2 Å². The van der Waals surface area contributed by atoms with Gasteiger partial charge in [-0.3, -0.25) is 0 Å². The van der Waals surface area contributed by atoms with Crippen LogP contribution in [0.2, 0.25) is 0 Å². The van der Waals surface area contributed by atoms with E-state index in [1.807, 2.05) is 103 Å². The van der Waals surface area contributed by atoms with Crippen molar-refractivity contribution in [1.29, 1.82) is 0 Å². The molecule has 54 heavy (non-hydrogen) atoms. The highest BCUT2D eigenvalue weighted by Crippen LogP contribution is 2.40. The van der Waals surface area contributed by atoms with Gasteiger partial charge in [-0.05, 0) is 57.6 Å². The largest absolute Gasteiger partial charge is 0.478 e. The summed E-state index contributed by atoms with van der Waals surface area (Å²) in [5.41, 5.74) is 6.56. The van der Waals surface area contributed by atoms with Crippen LogP contribution in [0, 0.1) is 0 Å². The van der Waals surface area contributed by atoms with Crippen LogP contribution in [0.1, 0.15) is 57.0 Å². The number of carboxylic acid groups (broad SMARTS) is 1. The van der Waals surface area contributed by atoms with Crippen molar-refractivity contribution >= 4 is 29.7 Å². The number of hydrogen-bond donors (Lipinski definition) is 4. The minimum Gasteiger partial charge on any atom is -0.478 e. The molecule has 278 valence electrons. The smallest absolute Gasteiger partial charge is 0.335 e. The van der Waals surface area contributed by atoms with Crippen LogP contribution in [-0.4, -0.2) is 53.2 Å². The molecule has 1 aliphatic rings. The van der Waals surface area contributed by atoms with Crippen LogP contribution in [0.15, 0.2) is 132 Å². The molecule has 0 radical (unpaired) electrons. The van der Waals surface area contributed by atoms with Gasteiger partial charge in [0, 0.05) is 35.6 Å². The standard InChI is InChI=1S/C43H42N2O8S/c1-51-41(49)38(23-28-7-3-2-4-8-28)45-43(50)44-25-34-9-5-6-10-37(34)30-15-17-33(18-16-30)42-52-35(27-54-36-21-19-32(20-22-36)40(47)48)24-39(53-42)31-13-11-29(26-46)12-14-31/h2-22,35,38-39,42,46H,23-27H2,1H3,(H,47,48)(H2,44,45,50). The van der Waals surface area contributed by atoms with E-state index in [9.17, 15) is 24.6 Å². The minimum atomic E-state index is -0.962. The zero-order valence-corrected chi connectivity index (χ0v) is 30.5. The first kappa shape index (κ1) is 38.3. The lowest BCUT2D eigenvalue weighted by Gasteiger charge is -2.36. The van der Waals surface area contributed by atoms with Gasteiger partial charge >= 0.3 is 18.0 Å². The third kappa shape index (κ3) is 10.1. The van der Waals surface area contributed by atoms with Gasteiger partial charge in [0.25, 0.3) is 0 Å². The normalized spacial score (nSPS) is 17.3. The summed E-state index contributed by atoms with van der Waals surface area (Å²) in [6.45, 7) is 0.188. The maximum Gasteiger partial charge on any atom is 0.335 e. The first-order valence-electron chi connectivity index (χ1n) is 17.6. The van der Waals surface area contributed by atoms with E-state index in [0.29, 0.717) is 18.6 Å². The van der Waals surface area contributed by atoms with Gasteiger partial charge in [-0.15, -0.1) is 11.8 Å². The molecule has 1 aliphatic heterocycles. The number of aliphatic hydroxyl groups excluding tert-OH is 1. The molecule has 1 fully saturated rings. The van der Waals surface area contributed by atoms with Crippen LogP contribution in [0.25, 0.3) is 11.1 Å². The Morgan fingerprint density at radius 3 is 2.19 bits per heavy atom. The summed E-state index contributed by atoms with van der Waals surface area (Å²) < 4.78 is 18.0. The fraction of sp³-hybridized carbons (Fsp3) is 0.233. The zero-order valence-electron chi connectivity index (χ0n) is 29.7. The average Bonchev–Trinajstić information content (AvgIpc) is 3.22. The highest BCUT2D eigenvalue weighted by atomic mass is 32.2. The second-order valence-corrected chi connectivity index (χ2v) is 14.0. The lowest BCUT2D eigenvalue weighted by molar-refractivity contribution is -0.245. The van der Waals surface area contributed by atoms with Gasteiger partial charge in [0.05, 0.1) is 31.5 Å². The number of rotatable bonds is 14. The maximum atomic E-state index is 13.0. The van der Waals surface area contributed by atoms with Crippen molar-refractivity contribution < 1.29 is 38.8 Å². The van der Waals surface area contributed by atoms with Crippen LogP contribution in [-0.2, 0) is 38.6 Å². The van der Waals surface area contributed by atoms with Crippen molar-refractivity contribution in [3.63, 3.8) is 0 Å².